The molecule has 0 aliphatic carbocycles. The number of aromatic amines is 1. The van der Waals surface area contributed by atoms with E-state index in [4.69, 9.17) is 12.2 Å². The van der Waals surface area contributed by atoms with Crippen molar-refractivity contribution in [3.8, 4) is 11.4 Å². The predicted octanol–water partition coefficient (Wildman–Crippen LogP) is 3.07. The SMILES string of the molecule is CCCn1c(-c2ccc(C)n(C(C)C)c2=O)n[nH]c1=S. The Labute approximate surface area is 123 Å². The van der Waals surface area contributed by atoms with Gasteiger partial charge in [-0.25, -0.2) is 0 Å². The van der Waals surface area contributed by atoms with Crippen molar-refractivity contribution in [1.29, 1.82) is 0 Å². The summed E-state index contributed by atoms with van der Waals surface area (Å²) >= 11 is 5.23. The van der Waals surface area contributed by atoms with E-state index in [1.54, 1.807) is 4.57 Å². The average molecular weight is 292 g/mol. The van der Waals surface area contributed by atoms with Crippen LogP contribution in [0.4, 0.5) is 0 Å². The van der Waals surface area contributed by atoms with Gasteiger partial charge in [0, 0.05) is 18.3 Å². The van der Waals surface area contributed by atoms with Gasteiger partial charge >= 0.3 is 0 Å². The van der Waals surface area contributed by atoms with Gasteiger partial charge in [-0.1, -0.05) is 6.92 Å². The molecule has 5 nitrogen and oxygen atoms in total. The van der Waals surface area contributed by atoms with E-state index in [0.29, 0.717) is 16.2 Å². The van der Waals surface area contributed by atoms with Crippen molar-refractivity contribution < 1.29 is 0 Å². The highest BCUT2D eigenvalue weighted by Crippen LogP contribution is 2.16. The maximum absolute atomic E-state index is 12.7. The van der Waals surface area contributed by atoms with E-state index in [-0.39, 0.29) is 11.6 Å². The standard InChI is InChI=1S/C14H20N4OS/c1-5-8-17-12(15-16-14(17)20)11-7-6-10(4)18(9(2)3)13(11)19/h6-7,9H,5,8H2,1-4H3,(H,16,20). The molecule has 0 unspecified atom stereocenters. The summed E-state index contributed by atoms with van der Waals surface area (Å²) in [4.78, 5) is 12.7. The highest BCUT2D eigenvalue weighted by atomic mass is 32.1. The van der Waals surface area contributed by atoms with E-state index in [9.17, 15) is 4.79 Å². The average Bonchev–Trinajstić information content (AvgIpc) is 2.72. The van der Waals surface area contributed by atoms with Crippen LogP contribution in [0.15, 0.2) is 16.9 Å². The molecule has 1 N–H and O–H groups in total. The van der Waals surface area contributed by atoms with Gasteiger partial charge in [0.2, 0.25) is 0 Å². The van der Waals surface area contributed by atoms with E-state index >= 15 is 0 Å². The van der Waals surface area contributed by atoms with Crippen LogP contribution in [-0.4, -0.2) is 19.3 Å². The lowest BCUT2D eigenvalue weighted by Crippen LogP contribution is -2.26. The fourth-order valence-corrected chi connectivity index (χ4v) is 2.64. The van der Waals surface area contributed by atoms with E-state index in [1.165, 1.54) is 0 Å². The van der Waals surface area contributed by atoms with Gasteiger partial charge in [-0.3, -0.25) is 9.89 Å². The smallest absolute Gasteiger partial charge is 0.262 e. The number of rotatable bonds is 4. The summed E-state index contributed by atoms with van der Waals surface area (Å²) in [5.41, 5.74) is 1.52. The van der Waals surface area contributed by atoms with Gasteiger partial charge in [-0.2, -0.15) is 5.10 Å². The van der Waals surface area contributed by atoms with Crippen molar-refractivity contribution in [1.82, 2.24) is 19.3 Å². The predicted molar refractivity (Wildman–Crippen MR) is 82.5 cm³/mol. The van der Waals surface area contributed by atoms with Gasteiger partial charge in [0.25, 0.3) is 5.56 Å². The molecule has 2 heterocycles. The number of hydrogen-bond acceptors (Lipinski definition) is 3. The molecule has 0 saturated heterocycles. The zero-order valence-electron chi connectivity index (χ0n) is 12.3. The van der Waals surface area contributed by atoms with Crippen molar-refractivity contribution in [2.24, 2.45) is 0 Å². The molecular formula is C14H20N4OS. The van der Waals surface area contributed by atoms with Crippen LogP contribution >= 0.6 is 12.2 Å². The quantitative estimate of drug-likeness (QED) is 0.881. The Hall–Kier alpha value is -1.69. The van der Waals surface area contributed by atoms with Gasteiger partial charge in [0.05, 0.1) is 5.56 Å². The molecule has 0 aliphatic heterocycles. The van der Waals surface area contributed by atoms with Gasteiger partial charge in [-0.05, 0) is 51.5 Å². The van der Waals surface area contributed by atoms with E-state index in [2.05, 4.69) is 17.1 Å². The molecule has 20 heavy (non-hydrogen) atoms. The zero-order chi connectivity index (χ0) is 14.9. The number of aromatic nitrogens is 4. The Morgan fingerprint density at radius 1 is 1.40 bits per heavy atom. The molecule has 0 saturated carbocycles. The molecule has 0 aromatic carbocycles. The topological polar surface area (TPSA) is 55.6 Å². The van der Waals surface area contributed by atoms with Crippen LogP contribution in [0.1, 0.15) is 38.9 Å². The van der Waals surface area contributed by atoms with E-state index in [1.807, 2.05) is 37.5 Å². The second-order valence-electron chi connectivity index (χ2n) is 5.16. The van der Waals surface area contributed by atoms with Gasteiger partial charge < -0.3 is 9.13 Å². The molecule has 2 rings (SSSR count). The normalized spacial score (nSPS) is 11.2. The summed E-state index contributed by atoms with van der Waals surface area (Å²) < 4.78 is 4.22. The van der Waals surface area contributed by atoms with Crippen LogP contribution in [0, 0.1) is 11.7 Å². The van der Waals surface area contributed by atoms with Crippen LogP contribution in [0.25, 0.3) is 11.4 Å². The molecule has 0 atom stereocenters. The molecule has 0 amide bonds. The first kappa shape index (κ1) is 14.7. The zero-order valence-corrected chi connectivity index (χ0v) is 13.1. The first-order valence-corrected chi connectivity index (χ1v) is 7.26. The Morgan fingerprint density at radius 3 is 2.70 bits per heavy atom. The van der Waals surface area contributed by atoms with E-state index in [0.717, 1.165) is 18.7 Å². The third-order valence-corrected chi connectivity index (χ3v) is 3.59. The minimum Gasteiger partial charge on any atom is -0.310 e. The maximum atomic E-state index is 12.7. The molecule has 0 aliphatic rings. The molecule has 0 bridgehead atoms. The Morgan fingerprint density at radius 2 is 2.10 bits per heavy atom. The summed E-state index contributed by atoms with van der Waals surface area (Å²) in [6.07, 6.45) is 0.936. The molecule has 6 heteroatoms. The lowest BCUT2D eigenvalue weighted by Gasteiger charge is -2.15. The molecule has 0 spiro atoms. The first-order valence-electron chi connectivity index (χ1n) is 6.85. The molecule has 0 fully saturated rings. The monoisotopic (exact) mass is 292 g/mol. The van der Waals surface area contributed by atoms with Gasteiger partial charge in [0.15, 0.2) is 10.6 Å². The fraction of sp³-hybridized carbons (Fsp3) is 0.500. The van der Waals surface area contributed by atoms with Gasteiger partial charge in [-0.15, -0.1) is 0 Å². The second-order valence-corrected chi connectivity index (χ2v) is 5.55. The van der Waals surface area contributed by atoms with Crippen LogP contribution in [0.3, 0.4) is 0 Å². The van der Waals surface area contributed by atoms with Crippen LogP contribution in [0.5, 0.6) is 0 Å². The lowest BCUT2D eigenvalue weighted by molar-refractivity contribution is 0.562. The second kappa shape index (κ2) is 5.75. The third kappa shape index (κ3) is 2.47. The summed E-state index contributed by atoms with van der Waals surface area (Å²) in [7, 11) is 0. The minimum atomic E-state index is -0.0219. The third-order valence-electron chi connectivity index (χ3n) is 3.28. The summed E-state index contributed by atoms with van der Waals surface area (Å²) in [5, 5.41) is 7.01. The Kier molecular flexibility index (Phi) is 4.23. The number of pyridine rings is 1. The maximum Gasteiger partial charge on any atom is 0.262 e. The number of hydrogen-bond donors (Lipinski definition) is 1. The lowest BCUT2D eigenvalue weighted by atomic mass is 10.2. The fourth-order valence-electron chi connectivity index (χ4n) is 2.41. The van der Waals surface area contributed by atoms with Crippen molar-refractivity contribution in [2.45, 2.75) is 46.7 Å². The van der Waals surface area contributed by atoms with Crippen LogP contribution in [-0.2, 0) is 6.54 Å². The number of H-pyrrole nitrogens is 1. The molecular weight excluding hydrogens is 272 g/mol. The Balaban J connectivity index is 2.69. The number of aryl methyl sites for hydroxylation is 1. The van der Waals surface area contributed by atoms with Crippen LogP contribution in [0.2, 0.25) is 0 Å². The highest BCUT2D eigenvalue weighted by molar-refractivity contribution is 7.71. The summed E-state index contributed by atoms with van der Waals surface area (Å²) in [5.74, 6) is 0.622. The minimum absolute atomic E-state index is 0.0219. The summed E-state index contributed by atoms with van der Waals surface area (Å²) in [6.45, 7) is 8.76. The molecule has 2 aromatic rings. The van der Waals surface area contributed by atoms with Crippen LogP contribution < -0.4 is 5.56 Å². The Bertz CT molecular complexity index is 724. The van der Waals surface area contributed by atoms with Crippen molar-refractivity contribution in [2.75, 3.05) is 0 Å². The highest BCUT2D eigenvalue weighted by Gasteiger charge is 2.15. The van der Waals surface area contributed by atoms with Gasteiger partial charge in [0.1, 0.15) is 0 Å². The van der Waals surface area contributed by atoms with Crippen molar-refractivity contribution in [3.63, 3.8) is 0 Å². The van der Waals surface area contributed by atoms with E-state index < -0.39 is 0 Å². The van der Waals surface area contributed by atoms with Crippen molar-refractivity contribution >= 4 is 12.2 Å². The summed E-state index contributed by atoms with van der Waals surface area (Å²) in [6, 6.07) is 3.89. The number of nitrogens with zero attached hydrogens (tertiary/aromatic N) is 3. The van der Waals surface area contributed by atoms with Crippen molar-refractivity contribution in [3.05, 3.63) is 33.0 Å². The molecule has 108 valence electrons. The first-order chi connectivity index (χ1) is 9.47. The number of nitrogens with one attached hydrogen (secondary N) is 1. The molecule has 2 aromatic heterocycles. The molecule has 0 radical (unpaired) electrons. The largest absolute Gasteiger partial charge is 0.310 e.